The number of aryl methyl sites for hydroxylation is 1. The minimum Gasteiger partial charge on any atom is -0.397 e. The summed E-state index contributed by atoms with van der Waals surface area (Å²) in [7, 11) is 0. The summed E-state index contributed by atoms with van der Waals surface area (Å²) in [5.74, 6) is 0. The van der Waals surface area contributed by atoms with Crippen LogP contribution in [0.5, 0.6) is 0 Å². The Kier molecular flexibility index (Phi) is 2.39. The summed E-state index contributed by atoms with van der Waals surface area (Å²) < 4.78 is 0. The Labute approximate surface area is 101 Å². The highest BCUT2D eigenvalue weighted by Crippen LogP contribution is 2.31. The molecule has 0 spiro atoms. The molecule has 1 aromatic heterocycles. The van der Waals surface area contributed by atoms with E-state index in [2.05, 4.69) is 28.1 Å². The second-order valence-corrected chi connectivity index (χ2v) is 4.72. The molecule has 0 aliphatic carbocycles. The van der Waals surface area contributed by atoms with Crippen molar-refractivity contribution in [3.63, 3.8) is 0 Å². The molecule has 0 atom stereocenters. The quantitative estimate of drug-likeness (QED) is 0.762. The smallest absolute Gasteiger partial charge is 0.0955 e. The van der Waals surface area contributed by atoms with Gasteiger partial charge in [0.25, 0.3) is 0 Å². The van der Waals surface area contributed by atoms with Crippen molar-refractivity contribution in [3.8, 4) is 0 Å². The molecule has 1 fully saturated rings. The summed E-state index contributed by atoms with van der Waals surface area (Å²) in [6, 6.07) is 8.30. The van der Waals surface area contributed by atoms with Crippen LogP contribution in [-0.2, 0) is 0 Å². The molecule has 0 bridgehead atoms. The third-order valence-corrected chi connectivity index (χ3v) is 3.45. The van der Waals surface area contributed by atoms with Crippen LogP contribution in [0.3, 0.4) is 0 Å². The fourth-order valence-corrected chi connectivity index (χ4v) is 2.55. The highest BCUT2D eigenvalue weighted by molar-refractivity contribution is 5.98. The van der Waals surface area contributed by atoms with E-state index in [0.29, 0.717) is 0 Å². The van der Waals surface area contributed by atoms with Crippen molar-refractivity contribution in [2.75, 3.05) is 23.7 Å². The van der Waals surface area contributed by atoms with Gasteiger partial charge in [0, 0.05) is 29.9 Å². The molecule has 2 N–H and O–H groups in total. The number of fused-ring (bicyclic) bond motifs is 1. The highest BCUT2D eigenvalue weighted by Gasteiger charge is 2.15. The van der Waals surface area contributed by atoms with Crippen molar-refractivity contribution in [3.05, 3.63) is 30.0 Å². The molecule has 1 aliphatic heterocycles. The van der Waals surface area contributed by atoms with Crippen LogP contribution in [0, 0.1) is 6.92 Å². The molecule has 17 heavy (non-hydrogen) atoms. The predicted octanol–water partition coefficient (Wildman–Crippen LogP) is 2.73. The second kappa shape index (κ2) is 3.91. The van der Waals surface area contributed by atoms with Gasteiger partial charge in [0.2, 0.25) is 0 Å². The number of nitrogens with two attached hydrogens (primary N) is 1. The van der Waals surface area contributed by atoms with Gasteiger partial charge >= 0.3 is 0 Å². The number of anilines is 2. The molecule has 2 aromatic rings. The van der Waals surface area contributed by atoms with Crippen molar-refractivity contribution in [2.24, 2.45) is 0 Å². The van der Waals surface area contributed by atoms with Crippen molar-refractivity contribution in [1.82, 2.24) is 4.98 Å². The van der Waals surface area contributed by atoms with Crippen LogP contribution in [0.4, 0.5) is 11.4 Å². The molecule has 3 rings (SSSR count). The Morgan fingerprint density at radius 3 is 2.65 bits per heavy atom. The Bertz CT molecular complexity index is 557. The van der Waals surface area contributed by atoms with Crippen molar-refractivity contribution in [1.29, 1.82) is 0 Å². The summed E-state index contributed by atoms with van der Waals surface area (Å²) in [5, 5.41) is 1.18. The lowest BCUT2D eigenvalue weighted by atomic mass is 10.1. The maximum atomic E-state index is 6.01. The predicted molar refractivity (Wildman–Crippen MR) is 72.3 cm³/mol. The maximum absolute atomic E-state index is 6.01. The molecule has 1 aliphatic rings. The molecule has 0 unspecified atom stereocenters. The minimum atomic E-state index is 0.770. The fraction of sp³-hybridized carbons (Fsp3) is 0.357. The number of hydrogen-bond acceptors (Lipinski definition) is 3. The maximum Gasteiger partial charge on any atom is 0.0955 e. The van der Waals surface area contributed by atoms with Gasteiger partial charge in [-0.15, -0.1) is 0 Å². The number of nitrogens with zero attached hydrogens (tertiary/aromatic N) is 2. The molecule has 1 saturated heterocycles. The zero-order valence-electron chi connectivity index (χ0n) is 10.1. The summed E-state index contributed by atoms with van der Waals surface area (Å²) in [5.41, 5.74) is 10.0. The van der Waals surface area contributed by atoms with Gasteiger partial charge in [-0.25, -0.2) is 0 Å². The lowest BCUT2D eigenvalue weighted by molar-refractivity contribution is 0.949. The fourth-order valence-electron chi connectivity index (χ4n) is 2.55. The second-order valence-electron chi connectivity index (χ2n) is 4.72. The van der Waals surface area contributed by atoms with Gasteiger partial charge in [0.05, 0.1) is 11.2 Å². The number of rotatable bonds is 1. The van der Waals surface area contributed by atoms with Gasteiger partial charge in [0.1, 0.15) is 0 Å². The van der Waals surface area contributed by atoms with Crippen LogP contribution in [-0.4, -0.2) is 18.1 Å². The van der Waals surface area contributed by atoms with Gasteiger partial charge in [-0.2, -0.15) is 0 Å². The minimum absolute atomic E-state index is 0.770. The molecular weight excluding hydrogens is 210 g/mol. The Morgan fingerprint density at radius 1 is 1.12 bits per heavy atom. The number of benzene rings is 1. The average molecular weight is 227 g/mol. The lowest BCUT2D eigenvalue weighted by Gasteiger charge is -2.20. The van der Waals surface area contributed by atoms with Gasteiger partial charge in [-0.3, -0.25) is 4.98 Å². The molecule has 0 saturated carbocycles. The van der Waals surface area contributed by atoms with Crippen molar-refractivity contribution in [2.45, 2.75) is 19.8 Å². The number of hydrogen-bond donors (Lipinski definition) is 1. The van der Waals surface area contributed by atoms with Gasteiger partial charge in [-0.1, -0.05) is 0 Å². The van der Waals surface area contributed by atoms with E-state index in [4.69, 9.17) is 5.73 Å². The van der Waals surface area contributed by atoms with E-state index in [0.717, 1.165) is 30.0 Å². The van der Waals surface area contributed by atoms with Crippen LogP contribution < -0.4 is 10.6 Å². The third-order valence-electron chi connectivity index (χ3n) is 3.45. The van der Waals surface area contributed by atoms with Crippen molar-refractivity contribution < 1.29 is 0 Å². The lowest BCUT2D eigenvalue weighted by Crippen LogP contribution is -2.18. The highest BCUT2D eigenvalue weighted by atomic mass is 15.1. The number of pyridine rings is 1. The molecule has 2 heterocycles. The van der Waals surface area contributed by atoms with E-state index in [-0.39, 0.29) is 0 Å². The zero-order chi connectivity index (χ0) is 11.8. The summed E-state index contributed by atoms with van der Waals surface area (Å²) in [6.45, 7) is 4.29. The van der Waals surface area contributed by atoms with Gasteiger partial charge in [0.15, 0.2) is 0 Å². The Hall–Kier alpha value is -1.77. The van der Waals surface area contributed by atoms with Crippen LogP contribution in [0.15, 0.2) is 24.3 Å². The van der Waals surface area contributed by atoms with Crippen LogP contribution >= 0.6 is 0 Å². The monoisotopic (exact) mass is 227 g/mol. The first kappa shape index (κ1) is 10.4. The number of nitrogen functional groups attached to an aromatic ring is 1. The van der Waals surface area contributed by atoms with Crippen molar-refractivity contribution >= 4 is 22.3 Å². The Balaban J connectivity index is 2.22. The van der Waals surface area contributed by atoms with Crippen LogP contribution in [0.1, 0.15) is 18.5 Å². The molecule has 0 radical (unpaired) electrons. The van der Waals surface area contributed by atoms with Crippen LogP contribution in [0.2, 0.25) is 0 Å². The van der Waals surface area contributed by atoms with Gasteiger partial charge < -0.3 is 10.6 Å². The van der Waals surface area contributed by atoms with E-state index in [1.54, 1.807) is 0 Å². The van der Waals surface area contributed by atoms with E-state index in [1.807, 2.05) is 13.0 Å². The molecule has 88 valence electrons. The average Bonchev–Trinajstić information content (AvgIpc) is 2.84. The molecule has 1 aromatic carbocycles. The molecule has 0 amide bonds. The topological polar surface area (TPSA) is 42.1 Å². The van der Waals surface area contributed by atoms with Gasteiger partial charge in [-0.05, 0) is 44.0 Å². The van der Waals surface area contributed by atoms with E-state index in [9.17, 15) is 0 Å². The van der Waals surface area contributed by atoms with E-state index < -0.39 is 0 Å². The third kappa shape index (κ3) is 1.71. The van der Waals surface area contributed by atoms with E-state index >= 15 is 0 Å². The standard InChI is InChI=1S/C14H17N3/c1-10-4-5-11-13(17-8-2-3-9-17)7-6-12(15)14(11)16-10/h4-7H,2-3,8-9,15H2,1H3. The first-order valence-electron chi connectivity index (χ1n) is 6.16. The number of aromatic nitrogens is 1. The largest absolute Gasteiger partial charge is 0.397 e. The zero-order valence-corrected chi connectivity index (χ0v) is 10.1. The SMILES string of the molecule is Cc1ccc2c(N3CCCC3)ccc(N)c2n1. The van der Waals surface area contributed by atoms with Crippen LogP contribution in [0.25, 0.3) is 10.9 Å². The Morgan fingerprint density at radius 2 is 1.88 bits per heavy atom. The first-order chi connectivity index (χ1) is 8.25. The molecule has 3 nitrogen and oxygen atoms in total. The normalized spacial score (nSPS) is 15.7. The van der Waals surface area contributed by atoms with E-state index in [1.165, 1.54) is 23.9 Å². The summed E-state index contributed by atoms with van der Waals surface area (Å²) in [6.07, 6.45) is 2.57. The summed E-state index contributed by atoms with van der Waals surface area (Å²) in [4.78, 5) is 6.98. The summed E-state index contributed by atoms with van der Waals surface area (Å²) >= 11 is 0. The first-order valence-corrected chi connectivity index (χ1v) is 6.16. The molecule has 3 heteroatoms. The molecular formula is C14H17N3.